The lowest BCUT2D eigenvalue weighted by Crippen LogP contribution is -2.20. The molecule has 2 rings (SSSR count). The maximum Gasteiger partial charge on any atom is 0.282 e. The molecular formula is C11H13N3O3. The average molecular weight is 235 g/mol. The molecular weight excluding hydrogens is 222 g/mol. The van der Waals surface area contributed by atoms with Crippen LogP contribution in [-0.2, 0) is 9.53 Å². The normalized spacial score (nSPS) is 18.4. The van der Waals surface area contributed by atoms with Crippen molar-refractivity contribution in [1.82, 2.24) is 0 Å². The Bertz CT molecular complexity index is 442. The first kappa shape index (κ1) is 11.3. The number of nitrogens with zero attached hydrogens (tertiary/aromatic N) is 1. The number of hydrogen-bond acceptors (Lipinski definition) is 5. The molecule has 4 N–H and O–H groups in total. The molecule has 0 bridgehead atoms. The van der Waals surface area contributed by atoms with Crippen LogP contribution < -0.4 is 16.2 Å². The van der Waals surface area contributed by atoms with Crippen molar-refractivity contribution < 1.29 is 14.3 Å². The Morgan fingerprint density at radius 1 is 1.47 bits per heavy atom. The molecule has 17 heavy (non-hydrogen) atoms. The van der Waals surface area contributed by atoms with Crippen LogP contribution in [0.15, 0.2) is 29.3 Å². The van der Waals surface area contributed by atoms with E-state index in [1.165, 1.54) is 0 Å². The number of amidine groups is 1. The molecule has 0 aliphatic carbocycles. The van der Waals surface area contributed by atoms with Gasteiger partial charge in [0.2, 0.25) is 0 Å². The van der Waals surface area contributed by atoms with Gasteiger partial charge >= 0.3 is 0 Å². The van der Waals surface area contributed by atoms with Gasteiger partial charge < -0.3 is 20.9 Å². The Morgan fingerprint density at radius 2 is 2.18 bits per heavy atom. The van der Waals surface area contributed by atoms with Crippen molar-refractivity contribution in [3.8, 4) is 5.75 Å². The van der Waals surface area contributed by atoms with E-state index in [-0.39, 0.29) is 18.7 Å². The van der Waals surface area contributed by atoms with E-state index in [2.05, 4.69) is 4.99 Å². The van der Waals surface area contributed by atoms with E-state index in [0.717, 1.165) is 5.56 Å². The molecule has 0 spiro atoms. The summed E-state index contributed by atoms with van der Waals surface area (Å²) in [5.41, 5.74) is 11.4. The number of amides is 1. The Hall–Kier alpha value is -2.24. The largest absolute Gasteiger partial charge is 0.484 e. The third kappa shape index (κ3) is 2.87. The smallest absolute Gasteiger partial charge is 0.282 e. The third-order valence-corrected chi connectivity index (χ3v) is 2.31. The monoisotopic (exact) mass is 235 g/mol. The van der Waals surface area contributed by atoms with E-state index in [0.29, 0.717) is 12.3 Å². The van der Waals surface area contributed by atoms with Crippen LogP contribution in [0, 0.1) is 0 Å². The number of hydrogen-bond donors (Lipinski definition) is 2. The maximum atomic E-state index is 10.5. The van der Waals surface area contributed by atoms with Crippen molar-refractivity contribution in [3.63, 3.8) is 0 Å². The highest BCUT2D eigenvalue weighted by atomic mass is 16.5. The van der Waals surface area contributed by atoms with Gasteiger partial charge in [0.25, 0.3) is 11.9 Å². The molecule has 6 heteroatoms. The van der Waals surface area contributed by atoms with E-state index in [9.17, 15) is 4.79 Å². The number of primary amides is 1. The van der Waals surface area contributed by atoms with Crippen LogP contribution in [0.3, 0.4) is 0 Å². The first-order valence-electron chi connectivity index (χ1n) is 5.13. The molecule has 0 radical (unpaired) electrons. The number of ether oxygens (including phenoxy) is 2. The fourth-order valence-electron chi connectivity index (χ4n) is 1.50. The molecule has 6 nitrogen and oxygen atoms in total. The molecule has 1 unspecified atom stereocenters. The van der Waals surface area contributed by atoms with Gasteiger partial charge in [-0.15, -0.1) is 0 Å². The molecule has 0 saturated carbocycles. The third-order valence-electron chi connectivity index (χ3n) is 2.31. The van der Waals surface area contributed by atoms with Gasteiger partial charge in [0, 0.05) is 0 Å². The van der Waals surface area contributed by atoms with Crippen molar-refractivity contribution in [2.45, 2.75) is 6.10 Å². The van der Waals surface area contributed by atoms with Crippen LogP contribution in [0.25, 0.3) is 0 Å². The second-order valence-corrected chi connectivity index (χ2v) is 3.61. The number of benzene rings is 1. The summed E-state index contributed by atoms with van der Waals surface area (Å²) < 4.78 is 10.4. The highest BCUT2D eigenvalue weighted by Gasteiger charge is 2.19. The lowest BCUT2D eigenvalue weighted by Gasteiger charge is -2.10. The predicted molar refractivity (Wildman–Crippen MR) is 61.4 cm³/mol. The average Bonchev–Trinajstić information content (AvgIpc) is 2.74. The fraction of sp³-hybridized carbons (Fsp3) is 0.273. The molecule has 1 heterocycles. The summed E-state index contributed by atoms with van der Waals surface area (Å²) in [6.45, 7) is 0.392. The minimum absolute atomic E-state index is 0.130. The fourth-order valence-corrected chi connectivity index (χ4v) is 1.50. The molecule has 0 aromatic heterocycles. The van der Waals surface area contributed by atoms with Crippen LogP contribution in [0.4, 0.5) is 0 Å². The molecule has 1 aromatic rings. The van der Waals surface area contributed by atoms with Gasteiger partial charge in [0.15, 0.2) is 6.61 Å². The Labute approximate surface area is 98.2 Å². The molecule has 90 valence electrons. The maximum absolute atomic E-state index is 10.5. The summed E-state index contributed by atoms with van der Waals surface area (Å²) >= 11 is 0. The summed E-state index contributed by atoms with van der Waals surface area (Å²) in [6.07, 6.45) is -0.139. The van der Waals surface area contributed by atoms with Crippen LogP contribution in [0.2, 0.25) is 0 Å². The van der Waals surface area contributed by atoms with E-state index < -0.39 is 5.91 Å². The van der Waals surface area contributed by atoms with Crippen molar-refractivity contribution in [3.05, 3.63) is 29.8 Å². The van der Waals surface area contributed by atoms with Gasteiger partial charge in [-0.05, 0) is 17.7 Å². The molecule has 1 atom stereocenters. The van der Waals surface area contributed by atoms with Crippen molar-refractivity contribution in [1.29, 1.82) is 0 Å². The van der Waals surface area contributed by atoms with E-state index in [4.69, 9.17) is 20.9 Å². The van der Waals surface area contributed by atoms with Gasteiger partial charge in [-0.25, -0.2) is 4.99 Å². The number of carbonyl (C=O) groups excluding carboxylic acids is 1. The minimum atomic E-state index is -0.505. The molecule has 1 aliphatic rings. The topological polar surface area (TPSA) is 99.9 Å². The van der Waals surface area contributed by atoms with Crippen LogP contribution in [0.1, 0.15) is 11.7 Å². The Balaban J connectivity index is 1.96. The van der Waals surface area contributed by atoms with Crippen molar-refractivity contribution in [2.75, 3.05) is 13.2 Å². The van der Waals surface area contributed by atoms with Crippen LogP contribution in [-0.4, -0.2) is 25.1 Å². The molecule has 0 fully saturated rings. The standard InChI is InChI=1S/C11H13N3O3/c12-10(15)6-16-8-3-1-7(2-4-8)9-5-14-11(13)17-9/h1-4,9H,5-6H2,(H2,12,15)(H2,13,14). The molecule has 0 saturated heterocycles. The first-order valence-corrected chi connectivity index (χ1v) is 5.13. The summed E-state index contributed by atoms with van der Waals surface area (Å²) in [4.78, 5) is 14.5. The van der Waals surface area contributed by atoms with Gasteiger partial charge in [-0.2, -0.15) is 0 Å². The lowest BCUT2D eigenvalue weighted by atomic mass is 10.1. The lowest BCUT2D eigenvalue weighted by molar-refractivity contribution is -0.119. The van der Waals surface area contributed by atoms with E-state index in [1.54, 1.807) is 12.1 Å². The SMILES string of the molecule is NC(=O)COc1ccc(C2CN=C(N)O2)cc1. The zero-order chi connectivity index (χ0) is 12.3. The van der Waals surface area contributed by atoms with Gasteiger partial charge in [-0.1, -0.05) is 12.1 Å². The highest BCUT2D eigenvalue weighted by Crippen LogP contribution is 2.23. The summed E-state index contributed by atoms with van der Waals surface area (Å²) in [5.74, 6) is 0.0776. The number of rotatable bonds is 4. The van der Waals surface area contributed by atoms with Gasteiger partial charge in [0.05, 0.1) is 6.54 Å². The van der Waals surface area contributed by atoms with Gasteiger partial charge in [0.1, 0.15) is 11.9 Å². The molecule has 1 aromatic carbocycles. The Morgan fingerprint density at radius 3 is 2.71 bits per heavy atom. The summed E-state index contributed by atoms with van der Waals surface area (Å²) in [7, 11) is 0. The zero-order valence-electron chi connectivity index (χ0n) is 9.13. The first-order chi connectivity index (χ1) is 8.15. The second-order valence-electron chi connectivity index (χ2n) is 3.61. The summed E-state index contributed by atoms with van der Waals surface area (Å²) in [5, 5.41) is 0. The quantitative estimate of drug-likeness (QED) is 0.763. The number of aliphatic imine (C=N–C) groups is 1. The second kappa shape index (κ2) is 4.73. The van der Waals surface area contributed by atoms with Crippen LogP contribution in [0.5, 0.6) is 5.75 Å². The molecule has 1 amide bonds. The Kier molecular flexibility index (Phi) is 3.13. The van der Waals surface area contributed by atoms with Crippen molar-refractivity contribution >= 4 is 11.9 Å². The number of carbonyl (C=O) groups is 1. The van der Waals surface area contributed by atoms with E-state index in [1.807, 2.05) is 12.1 Å². The van der Waals surface area contributed by atoms with Crippen molar-refractivity contribution in [2.24, 2.45) is 16.5 Å². The van der Waals surface area contributed by atoms with Gasteiger partial charge in [-0.3, -0.25) is 4.79 Å². The van der Waals surface area contributed by atoms with Crippen LogP contribution >= 0.6 is 0 Å². The molecule has 1 aliphatic heterocycles. The minimum Gasteiger partial charge on any atom is -0.484 e. The zero-order valence-corrected chi connectivity index (χ0v) is 9.13. The summed E-state index contributed by atoms with van der Waals surface area (Å²) in [6, 6.07) is 7.39. The highest BCUT2D eigenvalue weighted by molar-refractivity contribution is 5.75. The predicted octanol–water partition coefficient (Wildman–Crippen LogP) is -0.0633. The number of nitrogens with two attached hydrogens (primary N) is 2. The van der Waals surface area contributed by atoms with E-state index >= 15 is 0 Å².